The Morgan fingerprint density at radius 3 is 2.24 bits per heavy atom. The van der Waals surface area contributed by atoms with Gasteiger partial charge in [0, 0.05) is 5.69 Å². The van der Waals surface area contributed by atoms with E-state index in [4.69, 9.17) is 5.73 Å². The van der Waals surface area contributed by atoms with Crippen LogP contribution in [-0.4, -0.2) is 10.2 Å². The summed E-state index contributed by atoms with van der Waals surface area (Å²) in [6, 6.07) is 3.47. The second-order valence-corrected chi connectivity index (χ2v) is 5.15. The third kappa shape index (κ3) is 1.84. The summed E-state index contributed by atoms with van der Waals surface area (Å²) in [5.41, 5.74) is 6.27. The lowest BCUT2D eigenvalue weighted by atomic mass is 9.85. The molecule has 5 heteroatoms. The molecular formula is C12H15N3O2. The summed E-state index contributed by atoms with van der Waals surface area (Å²) >= 11 is 0. The molecule has 0 fully saturated rings. The van der Waals surface area contributed by atoms with Crippen LogP contribution in [0.25, 0.3) is 10.8 Å². The first kappa shape index (κ1) is 11.4. The minimum atomic E-state index is -0.377. The van der Waals surface area contributed by atoms with Gasteiger partial charge in [-0.1, -0.05) is 20.8 Å². The number of hydrogen-bond donors (Lipinski definition) is 3. The molecule has 1 aromatic carbocycles. The fraction of sp³-hybridized carbons (Fsp3) is 0.333. The predicted molar refractivity (Wildman–Crippen MR) is 68.3 cm³/mol. The van der Waals surface area contributed by atoms with Gasteiger partial charge in [-0.25, -0.2) is 0 Å². The molecule has 5 nitrogen and oxygen atoms in total. The summed E-state index contributed by atoms with van der Waals surface area (Å²) in [7, 11) is 0. The Labute approximate surface area is 97.6 Å². The highest BCUT2D eigenvalue weighted by Crippen LogP contribution is 2.27. The van der Waals surface area contributed by atoms with Crippen LogP contribution in [0.15, 0.2) is 21.7 Å². The smallest absolute Gasteiger partial charge is 0.272 e. The fourth-order valence-corrected chi connectivity index (χ4v) is 1.77. The van der Waals surface area contributed by atoms with Crippen LogP contribution in [0, 0.1) is 0 Å². The number of nitrogens with two attached hydrogens (primary N) is 1. The lowest BCUT2D eigenvalue weighted by molar-refractivity contribution is 0.591. The maximum atomic E-state index is 11.7. The van der Waals surface area contributed by atoms with Crippen LogP contribution in [0.2, 0.25) is 0 Å². The second-order valence-electron chi connectivity index (χ2n) is 5.15. The van der Waals surface area contributed by atoms with E-state index in [9.17, 15) is 9.59 Å². The molecule has 0 amide bonds. The number of aromatic amines is 2. The molecule has 0 saturated heterocycles. The minimum absolute atomic E-state index is 0.128. The van der Waals surface area contributed by atoms with Crippen molar-refractivity contribution in [2.45, 2.75) is 26.2 Å². The van der Waals surface area contributed by atoms with Crippen LogP contribution < -0.4 is 16.9 Å². The lowest BCUT2D eigenvalue weighted by Gasteiger charge is -2.20. The Morgan fingerprint density at radius 1 is 1.06 bits per heavy atom. The Balaban J connectivity index is 2.97. The average molecular weight is 233 g/mol. The highest BCUT2D eigenvalue weighted by atomic mass is 16.1. The molecule has 1 heterocycles. The summed E-state index contributed by atoms with van der Waals surface area (Å²) in [6.45, 7) is 6.07. The lowest BCUT2D eigenvalue weighted by Crippen LogP contribution is -2.21. The largest absolute Gasteiger partial charge is 0.398 e. The zero-order valence-corrected chi connectivity index (χ0v) is 10.0. The molecule has 0 saturated carbocycles. The Hall–Kier alpha value is -2.04. The first-order valence-electron chi connectivity index (χ1n) is 5.35. The van der Waals surface area contributed by atoms with Crippen LogP contribution >= 0.6 is 0 Å². The normalized spacial score (nSPS) is 11.9. The molecule has 0 atom stereocenters. The van der Waals surface area contributed by atoms with Gasteiger partial charge in [0.1, 0.15) is 0 Å². The van der Waals surface area contributed by atoms with Crippen molar-refractivity contribution in [3.8, 4) is 0 Å². The SMILES string of the molecule is CC(C)(C)c1cc(N)c2c(=O)[nH][nH]c(=O)c2c1. The van der Waals surface area contributed by atoms with E-state index in [1.165, 1.54) is 0 Å². The van der Waals surface area contributed by atoms with Crippen molar-refractivity contribution in [3.05, 3.63) is 38.4 Å². The molecule has 0 unspecified atom stereocenters. The Kier molecular flexibility index (Phi) is 2.34. The van der Waals surface area contributed by atoms with E-state index in [1.807, 2.05) is 20.8 Å². The standard InChI is InChI=1S/C12H15N3O2/c1-12(2,3)6-4-7-9(8(13)5-6)11(17)15-14-10(7)16/h4-5H,13H2,1-3H3,(H,14,16)(H,15,17). The van der Waals surface area contributed by atoms with E-state index < -0.39 is 0 Å². The predicted octanol–water partition coefficient (Wildman–Crippen LogP) is 1.10. The van der Waals surface area contributed by atoms with E-state index >= 15 is 0 Å². The van der Waals surface area contributed by atoms with Crippen LogP contribution in [-0.2, 0) is 5.41 Å². The number of H-pyrrole nitrogens is 2. The molecule has 0 aliphatic carbocycles. The van der Waals surface area contributed by atoms with Gasteiger partial charge >= 0.3 is 0 Å². The zero-order chi connectivity index (χ0) is 12.8. The first-order chi connectivity index (χ1) is 7.80. The van der Waals surface area contributed by atoms with Gasteiger partial charge in [-0.2, -0.15) is 0 Å². The van der Waals surface area contributed by atoms with Crippen LogP contribution in [0.1, 0.15) is 26.3 Å². The molecule has 0 radical (unpaired) electrons. The molecule has 2 aromatic rings. The van der Waals surface area contributed by atoms with E-state index in [-0.39, 0.29) is 21.9 Å². The summed E-state index contributed by atoms with van der Waals surface area (Å²) in [6.07, 6.45) is 0. The Morgan fingerprint density at radius 2 is 1.65 bits per heavy atom. The number of hydrogen-bond acceptors (Lipinski definition) is 3. The summed E-state index contributed by atoms with van der Waals surface area (Å²) in [4.78, 5) is 23.3. The van der Waals surface area contributed by atoms with Crippen molar-refractivity contribution in [1.82, 2.24) is 10.2 Å². The number of anilines is 1. The van der Waals surface area contributed by atoms with Gasteiger partial charge in [0.25, 0.3) is 11.1 Å². The molecule has 0 aliphatic heterocycles. The number of nitrogens with one attached hydrogen (secondary N) is 2. The quantitative estimate of drug-likeness (QED) is 0.595. The van der Waals surface area contributed by atoms with Gasteiger partial charge in [0.15, 0.2) is 0 Å². The molecule has 2 rings (SSSR count). The summed E-state index contributed by atoms with van der Waals surface area (Å²) < 4.78 is 0. The first-order valence-corrected chi connectivity index (χ1v) is 5.35. The number of benzene rings is 1. The maximum absolute atomic E-state index is 11.7. The molecule has 0 bridgehead atoms. The van der Waals surface area contributed by atoms with E-state index in [0.717, 1.165) is 5.56 Å². The molecule has 17 heavy (non-hydrogen) atoms. The number of fused-ring (bicyclic) bond motifs is 1. The maximum Gasteiger partial charge on any atom is 0.272 e. The van der Waals surface area contributed by atoms with Gasteiger partial charge < -0.3 is 5.73 Å². The third-order valence-electron chi connectivity index (χ3n) is 2.80. The highest BCUT2D eigenvalue weighted by molar-refractivity contribution is 5.92. The monoisotopic (exact) mass is 233 g/mol. The van der Waals surface area contributed by atoms with Crippen molar-refractivity contribution in [1.29, 1.82) is 0 Å². The van der Waals surface area contributed by atoms with Crippen LogP contribution in [0.4, 0.5) is 5.69 Å². The van der Waals surface area contributed by atoms with Gasteiger partial charge in [0.05, 0.1) is 10.8 Å². The van der Waals surface area contributed by atoms with Crippen molar-refractivity contribution >= 4 is 16.5 Å². The molecule has 0 aliphatic rings. The van der Waals surface area contributed by atoms with Crippen molar-refractivity contribution in [2.24, 2.45) is 0 Å². The molecule has 1 aromatic heterocycles. The topological polar surface area (TPSA) is 91.7 Å². The van der Waals surface area contributed by atoms with Crippen molar-refractivity contribution in [3.63, 3.8) is 0 Å². The zero-order valence-electron chi connectivity index (χ0n) is 10.0. The molecule has 4 N–H and O–H groups in total. The van der Waals surface area contributed by atoms with E-state index in [1.54, 1.807) is 12.1 Å². The minimum Gasteiger partial charge on any atom is -0.398 e. The van der Waals surface area contributed by atoms with Crippen LogP contribution in [0.5, 0.6) is 0 Å². The van der Waals surface area contributed by atoms with Crippen molar-refractivity contribution < 1.29 is 0 Å². The van der Waals surface area contributed by atoms with Gasteiger partial charge in [-0.15, -0.1) is 0 Å². The van der Waals surface area contributed by atoms with E-state index in [2.05, 4.69) is 10.2 Å². The third-order valence-corrected chi connectivity index (χ3v) is 2.80. The van der Waals surface area contributed by atoms with Crippen molar-refractivity contribution in [2.75, 3.05) is 5.73 Å². The average Bonchev–Trinajstić information content (AvgIpc) is 2.21. The number of aromatic nitrogens is 2. The Bertz CT molecular complexity index is 689. The number of rotatable bonds is 0. The van der Waals surface area contributed by atoms with Crippen LogP contribution in [0.3, 0.4) is 0 Å². The van der Waals surface area contributed by atoms with Gasteiger partial charge in [-0.3, -0.25) is 19.8 Å². The summed E-state index contributed by atoms with van der Waals surface area (Å²) in [5.74, 6) is 0. The number of nitrogen functional groups attached to an aromatic ring is 1. The van der Waals surface area contributed by atoms with E-state index in [0.29, 0.717) is 11.1 Å². The van der Waals surface area contributed by atoms with Gasteiger partial charge in [-0.05, 0) is 23.1 Å². The van der Waals surface area contributed by atoms with Gasteiger partial charge in [0.2, 0.25) is 0 Å². The second kappa shape index (κ2) is 3.48. The molecule has 0 spiro atoms. The highest BCUT2D eigenvalue weighted by Gasteiger charge is 2.17. The summed E-state index contributed by atoms with van der Waals surface area (Å²) in [5, 5.41) is 5.15. The molecular weight excluding hydrogens is 218 g/mol. The molecule has 90 valence electrons. The fourth-order valence-electron chi connectivity index (χ4n) is 1.77.